The van der Waals surface area contributed by atoms with Crippen LogP contribution < -0.4 is 10.5 Å². The zero-order valence-corrected chi connectivity index (χ0v) is 14.8. The van der Waals surface area contributed by atoms with Gasteiger partial charge in [-0.25, -0.2) is 4.98 Å². The monoisotopic (exact) mass is 355 g/mol. The van der Waals surface area contributed by atoms with E-state index < -0.39 is 0 Å². The average molecular weight is 356 g/mol. The van der Waals surface area contributed by atoms with Crippen molar-refractivity contribution in [1.82, 2.24) is 9.55 Å². The standard InChI is InChI=1S/C20H22ClN3O/c21-17-4-1-16(2-5-17)3-8-20(11-13-24-14-12-23-15-24)25-19-9-6-18(22)7-10-19/h1-2,4-7,9-10,12,14-15,20H,3,8,11,13,22H2. The summed E-state index contributed by atoms with van der Waals surface area (Å²) in [6.07, 6.45) is 8.50. The first-order valence-electron chi connectivity index (χ1n) is 8.41. The summed E-state index contributed by atoms with van der Waals surface area (Å²) in [7, 11) is 0. The van der Waals surface area contributed by atoms with Crippen molar-refractivity contribution in [2.45, 2.75) is 31.9 Å². The zero-order chi connectivity index (χ0) is 17.5. The maximum Gasteiger partial charge on any atom is 0.119 e. The normalized spacial score (nSPS) is 12.0. The highest BCUT2D eigenvalue weighted by molar-refractivity contribution is 6.30. The molecule has 1 atom stereocenters. The number of hydrogen-bond acceptors (Lipinski definition) is 3. The molecule has 0 bridgehead atoms. The molecule has 0 saturated heterocycles. The Balaban J connectivity index is 1.62. The molecule has 0 aliphatic heterocycles. The van der Waals surface area contributed by atoms with Gasteiger partial charge in [0, 0.05) is 36.1 Å². The van der Waals surface area contributed by atoms with E-state index in [2.05, 4.69) is 21.7 Å². The second kappa shape index (κ2) is 8.58. The number of benzene rings is 2. The van der Waals surface area contributed by atoms with E-state index in [0.717, 1.165) is 42.3 Å². The topological polar surface area (TPSA) is 53.1 Å². The lowest BCUT2D eigenvalue weighted by Crippen LogP contribution is -2.20. The molecule has 25 heavy (non-hydrogen) atoms. The number of hydrogen-bond donors (Lipinski definition) is 1. The van der Waals surface area contributed by atoms with Gasteiger partial charge in [0.15, 0.2) is 0 Å². The van der Waals surface area contributed by atoms with Gasteiger partial charge in [-0.2, -0.15) is 0 Å². The van der Waals surface area contributed by atoms with E-state index in [-0.39, 0.29) is 6.10 Å². The third kappa shape index (κ3) is 5.54. The lowest BCUT2D eigenvalue weighted by atomic mass is 10.0. The van der Waals surface area contributed by atoms with Gasteiger partial charge in [-0.05, 0) is 54.8 Å². The maximum atomic E-state index is 6.20. The molecule has 0 saturated carbocycles. The van der Waals surface area contributed by atoms with Crippen LogP contribution in [0.25, 0.3) is 0 Å². The largest absolute Gasteiger partial charge is 0.490 e. The third-order valence-corrected chi connectivity index (χ3v) is 4.37. The predicted octanol–water partition coefficient (Wildman–Crippen LogP) is 4.59. The van der Waals surface area contributed by atoms with Gasteiger partial charge in [0.1, 0.15) is 11.9 Å². The summed E-state index contributed by atoms with van der Waals surface area (Å²) in [5, 5.41) is 0.763. The van der Waals surface area contributed by atoms with Crippen LogP contribution in [-0.4, -0.2) is 15.7 Å². The van der Waals surface area contributed by atoms with Gasteiger partial charge in [-0.1, -0.05) is 23.7 Å². The molecule has 1 aromatic heterocycles. The van der Waals surface area contributed by atoms with Crippen molar-refractivity contribution in [2.24, 2.45) is 0 Å². The third-order valence-electron chi connectivity index (χ3n) is 4.12. The number of nitrogen functional groups attached to an aromatic ring is 1. The van der Waals surface area contributed by atoms with Crippen molar-refractivity contribution >= 4 is 17.3 Å². The van der Waals surface area contributed by atoms with E-state index >= 15 is 0 Å². The summed E-state index contributed by atoms with van der Waals surface area (Å²) < 4.78 is 8.27. The fourth-order valence-corrected chi connectivity index (χ4v) is 2.82. The molecule has 0 radical (unpaired) electrons. The Labute approximate surface area is 153 Å². The number of nitrogens with zero attached hydrogens (tertiary/aromatic N) is 2. The summed E-state index contributed by atoms with van der Waals surface area (Å²) in [6.45, 7) is 0.875. The van der Waals surface area contributed by atoms with E-state index in [4.69, 9.17) is 22.1 Å². The maximum absolute atomic E-state index is 6.20. The van der Waals surface area contributed by atoms with Crippen LogP contribution in [0.2, 0.25) is 5.02 Å². The Kier molecular flexibility index (Phi) is 5.96. The minimum absolute atomic E-state index is 0.113. The summed E-state index contributed by atoms with van der Waals surface area (Å²) in [5.41, 5.74) is 7.75. The Bertz CT molecular complexity index is 755. The number of nitrogens with two attached hydrogens (primary N) is 1. The second-order valence-corrected chi connectivity index (χ2v) is 6.50. The summed E-state index contributed by atoms with van der Waals surface area (Å²) in [5.74, 6) is 0.848. The smallest absolute Gasteiger partial charge is 0.119 e. The molecular weight excluding hydrogens is 334 g/mol. The summed E-state index contributed by atoms with van der Waals surface area (Å²) in [4.78, 5) is 4.09. The fraction of sp³-hybridized carbons (Fsp3) is 0.250. The van der Waals surface area contributed by atoms with Crippen LogP contribution in [0.3, 0.4) is 0 Å². The van der Waals surface area contributed by atoms with Crippen LogP contribution in [0.5, 0.6) is 5.75 Å². The van der Waals surface area contributed by atoms with Crippen molar-refractivity contribution in [3.63, 3.8) is 0 Å². The number of aryl methyl sites for hydroxylation is 2. The fourth-order valence-electron chi connectivity index (χ4n) is 2.69. The molecule has 0 amide bonds. The van der Waals surface area contributed by atoms with Crippen LogP contribution in [0.4, 0.5) is 5.69 Å². The number of aromatic nitrogens is 2. The lowest BCUT2D eigenvalue weighted by molar-refractivity contribution is 0.175. The minimum Gasteiger partial charge on any atom is -0.490 e. The molecule has 0 fully saturated rings. The van der Waals surface area contributed by atoms with Gasteiger partial charge in [0.05, 0.1) is 6.33 Å². The lowest BCUT2D eigenvalue weighted by Gasteiger charge is -2.20. The highest BCUT2D eigenvalue weighted by atomic mass is 35.5. The van der Waals surface area contributed by atoms with Crippen LogP contribution in [0, 0.1) is 0 Å². The molecule has 4 nitrogen and oxygen atoms in total. The number of imidazole rings is 1. The molecule has 5 heteroatoms. The highest BCUT2D eigenvalue weighted by Gasteiger charge is 2.12. The van der Waals surface area contributed by atoms with Gasteiger partial charge in [-0.3, -0.25) is 0 Å². The van der Waals surface area contributed by atoms with Gasteiger partial charge in [0.25, 0.3) is 0 Å². The SMILES string of the molecule is Nc1ccc(OC(CCc2ccc(Cl)cc2)CCn2ccnc2)cc1. The molecule has 0 aliphatic carbocycles. The molecule has 3 rings (SSSR count). The Morgan fingerprint density at radius 3 is 2.48 bits per heavy atom. The van der Waals surface area contributed by atoms with Gasteiger partial charge in [-0.15, -0.1) is 0 Å². The molecule has 0 aliphatic rings. The van der Waals surface area contributed by atoms with Gasteiger partial charge < -0.3 is 15.0 Å². The van der Waals surface area contributed by atoms with Gasteiger partial charge >= 0.3 is 0 Å². The highest BCUT2D eigenvalue weighted by Crippen LogP contribution is 2.20. The van der Waals surface area contributed by atoms with Crippen molar-refractivity contribution in [3.8, 4) is 5.75 Å². The average Bonchev–Trinajstić information content (AvgIpc) is 3.14. The molecule has 2 aromatic carbocycles. The molecule has 2 N–H and O–H groups in total. The Morgan fingerprint density at radius 2 is 1.80 bits per heavy atom. The van der Waals surface area contributed by atoms with Gasteiger partial charge in [0.2, 0.25) is 0 Å². The Morgan fingerprint density at radius 1 is 1.04 bits per heavy atom. The van der Waals surface area contributed by atoms with E-state index in [1.165, 1.54) is 5.56 Å². The number of halogens is 1. The van der Waals surface area contributed by atoms with E-state index in [1.807, 2.05) is 48.9 Å². The molecular formula is C20H22ClN3O. The summed E-state index contributed by atoms with van der Waals surface area (Å²) >= 11 is 5.96. The van der Waals surface area contributed by atoms with Crippen LogP contribution >= 0.6 is 11.6 Å². The van der Waals surface area contributed by atoms with Crippen LogP contribution in [0.15, 0.2) is 67.3 Å². The Hall–Kier alpha value is -2.46. The first kappa shape index (κ1) is 17.4. The van der Waals surface area contributed by atoms with E-state index in [1.54, 1.807) is 6.20 Å². The molecule has 3 aromatic rings. The number of ether oxygens (including phenoxy) is 1. The van der Waals surface area contributed by atoms with Crippen molar-refractivity contribution in [3.05, 3.63) is 77.8 Å². The van der Waals surface area contributed by atoms with Crippen LogP contribution in [0.1, 0.15) is 18.4 Å². The van der Waals surface area contributed by atoms with Crippen molar-refractivity contribution in [2.75, 3.05) is 5.73 Å². The quantitative estimate of drug-likeness (QED) is 0.601. The second-order valence-electron chi connectivity index (χ2n) is 6.06. The first-order chi connectivity index (χ1) is 12.2. The van der Waals surface area contributed by atoms with Crippen molar-refractivity contribution in [1.29, 1.82) is 0 Å². The molecule has 130 valence electrons. The molecule has 1 heterocycles. The first-order valence-corrected chi connectivity index (χ1v) is 8.79. The number of anilines is 1. The zero-order valence-electron chi connectivity index (χ0n) is 14.0. The minimum atomic E-state index is 0.113. The number of rotatable bonds is 8. The van der Waals surface area contributed by atoms with Crippen molar-refractivity contribution < 1.29 is 4.74 Å². The molecule has 0 spiro atoms. The predicted molar refractivity (Wildman–Crippen MR) is 102 cm³/mol. The summed E-state index contributed by atoms with van der Waals surface area (Å²) in [6, 6.07) is 15.6. The molecule has 1 unspecified atom stereocenters. The van der Waals surface area contributed by atoms with Crippen LogP contribution in [-0.2, 0) is 13.0 Å². The van der Waals surface area contributed by atoms with E-state index in [9.17, 15) is 0 Å². The van der Waals surface area contributed by atoms with E-state index in [0.29, 0.717) is 0 Å².